The molecule has 0 saturated carbocycles. The van der Waals surface area contributed by atoms with E-state index in [2.05, 4.69) is 48.4 Å². The summed E-state index contributed by atoms with van der Waals surface area (Å²) in [5.41, 5.74) is 2.60. The summed E-state index contributed by atoms with van der Waals surface area (Å²) in [4.78, 5) is 14.8. The van der Waals surface area contributed by atoms with Gasteiger partial charge >= 0.3 is 0 Å². The van der Waals surface area contributed by atoms with Crippen LogP contribution in [0, 0.1) is 0 Å². The van der Waals surface area contributed by atoms with Gasteiger partial charge in [-0.05, 0) is 67.6 Å². The first-order valence-corrected chi connectivity index (χ1v) is 10.6. The number of unbranched alkanes of at least 4 members (excludes halogenated alkanes) is 1. The van der Waals surface area contributed by atoms with Crippen molar-refractivity contribution in [3.8, 4) is 5.75 Å². The number of rotatable bonds is 10. The van der Waals surface area contributed by atoms with E-state index in [0.717, 1.165) is 38.2 Å². The molecule has 0 atom stereocenters. The molecule has 2 aromatic rings. The Labute approximate surface area is 179 Å². The quantitative estimate of drug-likeness (QED) is 0.431. The van der Waals surface area contributed by atoms with Crippen molar-refractivity contribution < 1.29 is 9.53 Å². The summed E-state index contributed by atoms with van der Waals surface area (Å²) in [5.74, 6) is 0.426. The second kappa shape index (κ2) is 12.2. The molecule has 0 aromatic heterocycles. The van der Waals surface area contributed by atoms with Crippen LogP contribution in [0.4, 0.5) is 5.69 Å². The van der Waals surface area contributed by atoms with E-state index in [-0.39, 0.29) is 11.0 Å². The monoisotopic (exact) mass is 413 g/mol. The molecular formula is C23H31N3O2S. The number of amides is 1. The maximum Gasteiger partial charge on any atom is 0.257 e. The average molecular weight is 414 g/mol. The number of benzene rings is 2. The lowest BCUT2D eigenvalue weighted by Gasteiger charge is -2.18. The van der Waals surface area contributed by atoms with Crippen molar-refractivity contribution in [3.63, 3.8) is 0 Å². The molecule has 0 unspecified atom stereocenters. The molecule has 29 heavy (non-hydrogen) atoms. The first-order chi connectivity index (χ1) is 14.0. The Morgan fingerprint density at radius 2 is 1.79 bits per heavy atom. The Bertz CT molecular complexity index is 789. The van der Waals surface area contributed by atoms with Crippen molar-refractivity contribution in [1.82, 2.24) is 10.2 Å². The molecule has 0 aliphatic heterocycles. The van der Waals surface area contributed by atoms with Crippen LogP contribution in [0.2, 0.25) is 0 Å². The Balaban J connectivity index is 1.88. The largest absolute Gasteiger partial charge is 0.494 e. The van der Waals surface area contributed by atoms with Gasteiger partial charge in [-0.1, -0.05) is 45.4 Å². The van der Waals surface area contributed by atoms with Gasteiger partial charge in [0.2, 0.25) is 0 Å². The summed E-state index contributed by atoms with van der Waals surface area (Å²) in [6.45, 7) is 10.0. The van der Waals surface area contributed by atoms with Crippen LogP contribution in [0.15, 0.2) is 48.5 Å². The van der Waals surface area contributed by atoms with Gasteiger partial charge in [-0.15, -0.1) is 0 Å². The molecule has 2 aromatic carbocycles. The third-order valence-electron chi connectivity index (χ3n) is 4.60. The highest BCUT2D eigenvalue weighted by Crippen LogP contribution is 2.15. The standard InChI is InChI=1S/C23H31N3O2S/c1-4-7-15-28-21-10-8-9-19(16-21)22(27)25-23(29)24-20-13-11-18(12-14-20)17-26(5-2)6-3/h8-14,16H,4-7,15,17H2,1-3H3,(H2,24,25,27,29). The van der Waals surface area contributed by atoms with Crippen LogP contribution in [-0.4, -0.2) is 35.6 Å². The van der Waals surface area contributed by atoms with Crippen LogP contribution < -0.4 is 15.4 Å². The topological polar surface area (TPSA) is 53.6 Å². The van der Waals surface area contributed by atoms with E-state index in [0.29, 0.717) is 17.9 Å². The van der Waals surface area contributed by atoms with Gasteiger partial charge in [0.25, 0.3) is 5.91 Å². The summed E-state index contributed by atoms with van der Waals surface area (Å²) < 4.78 is 5.66. The SMILES string of the molecule is CCCCOc1cccc(C(=O)NC(=S)Nc2ccc(CN(CC)CC)cc2)c1. The summed E-state index contributed by atoms with van der Waals surface area (Å²) in [7, 11) is 0. The number of hydrogen-bond acceptors (Lipinski definition) is 4. The smallest absolute Gasteiger partial charge is 0.257 e. The fraction of sp³-hybridized carbons (Fsp3) is 0.391. The molecule has 6 heteroatoms. The Hall–Kier alpha value is -2.44. The fourth-order valence-electron chi connectivity index (χ4n) is 2.80. The molecule has 0 aliphatic carbocycles. The molecule has 0 radical (unpaired) electrons. The number of anilines is 1. The minimum Gasteiger partial charge on any atom is -0.494 e. The lowest BCUT2D eigenvalue weighted by molar-refractivity contribution is 0.0977. The molecule has 2 rings (SSSR count). The van der Waals surface area contributed by atoms with E-state index < -0.39 is 0 Å². The molecule has 156 valence electrons. The van der Waals surface area contributed by atoms with E-state index >= 15 is 0 Å². The number of ether oxygens (including phenoxy) is 1. The fourth-order valence-corrected chi connectivity index (χ4v) is 3.01. The lowest BCUT2D eigenvalue weighted by atomic mass is 10.2. The van der Waals surface area contributed by atoms with Crippen LogP contribution in [0.5, 0.6) is 5.75 Å². The number of carbonyl (C=O) groups is 1. The third kappa shape index (κ3) is 7.83. The minimum atomic E-state index is -0.262. The van der Waals surface area contributed by atoms with Gasteiger partial charge in [0.15, 0.2) is 5.11 Å². The highest BCUT2D eigenvalue weighted by Gasteiger charge is 2.09. The average Bonchev–Trinajstić information content (AvgIpc) is 2.73. The molecule has 0 spiro atoms. The third-order valence-corrected chi connectivity index (χ3v) is 4.81. The van der Waals surface area contributed by atoms with Gasteiger partial charge in [0.05, 0.1) is 6.61 Å². The zero-order valence-electron chi connectivity index (χ0n) is 17.5. The van der Waals surface area contributed by atoms with Crippen molar-refractivity contribution in [3.05, 3.63) is 59.7 Å². The van der Waals surface area contributed by atoms with Gasteiger partial charge in [-0.2, -0.15) is 0 Å². The normalized spacial score (nSPS) is 10.6. The van der Waals surface area contributed by atoms with Gasteiger partial charge in [0, 0.05) is 17.8 Å². The van der Waals surface area contributed by atoms with E-state index in [1.54, 1.807) is 18.2 Å². The number of thiocarbonyl (C=S) groups is 1. The summed E-state index contributed by atoms with van der Waals surface area (Å²) in [5, 5.41) is 6.05. The number of carbonyl (C=O) groups excluding carboxylic acids is 1. The summed E-state index contributed by atoms with van der Waals surface area (Å²) >= 11 is 5.29. The van der Waals surface area contributed by atoms with Crippen LogP contribution >= 0.6 is 12.2 Å². The van der Waals surface area contributed by atoms with Crippen LogP contribution in [-0.2, 0) is 6.54 Å². The Morgan fingerprint density at radius 1 is 1.07 bits per heavy atom. The van der Waals surface area contributed by atoms with Crippen molar-refractivity contribution in [2.75, 3.05) is 25.0 Å². The van der Waals surface area contributed by atoms with Gasteiger partial charge in [0.1, 0.15) is 5.75 Å². The zero-order valence-corrected chi connectivity index (χ0v) is 18.3. The van der Waals surface area contributed by atoms with E-state index in [1.165, 1.54) is 5.56 Å². The molecule has 0 fully saturated rings. The van der Waals surface area contributed by atoms with Crippen molar-refractivity contribution in [2.45, 2.75) is 40.2 Å². The Morgan fingerprint density at radius 3 is 2.45 bits per heavy atom. The predicted molar refractivity (Wildman–Crippen MR) is 124 cm³/mol. The molecule has 0 heterocycles. The number of hydrogen-bond donors (Lipinski definition) is 2. The second-order valence-corrected chi connectivity index (χ2v) is 7.20. The Kier molecular flexibility index (Phi) is 9.60. The molecule has 0 aliphatic rings. The van der Waals surface area contributed by atoms with Crippen molar-refractivity contribution in [1.29, 1.82) is 0 Å². The highest BCUT2D eigenvalue weighted by molar-refractivity contribution is 7.80. The van der Waals surface area contributed by atoms with Crippen LogP contribution in [0.1, 0.15) is 49.5 Å². The molecule has 5 nitrogen and oxygen atoms in total. The lowest BCUT2D eigenvalue weighted by Crippen LogP contribution is -2.34. The van der Waals surface area contributed by atoms with Gasteiger partial charge < -0.3 is 10.1 Å². The number of nitrogens with one attached hydrogen (secondary N) is 2. The van der Waals surface area contributed by atoms with Crippen molar-refractivity contribution in [2.24, 2.45) is 0 Å². The van der Waals surface area contributed by atoms with Crippen molar-refractivity contribution >= 4 is 28.9 Å². The molecular weight excluding hydrogens is 382 g/mol. The maximum atomic E-state index is 12.5. The summed E-state index contributed by atoms with van der Waals surface area (Å²) in [6, 6.07) is 15.2. The number of nitrogens with zero attached hydrogens (tertiary/aromatic N) is 1. The highest BCUT2D eigenvalue weighted by atomic mass is 32.1. The van der Waals surface area contributed by atoms with Gasteiger partial charge in [-0.25, -0.2) is 0 Å². The minimum absolute atomic E-state index is 0.262. The molecule has 0 bridgehead atoms. The zero-order chi connectivity index (χ0) is 21.1. The first-order valence-electron chi connectivity index (χ1n) is 10.2. The molecule has 2 N–H and O–H groups in total. The van der Waals surface area contributed by atoms with Crippen LogP contribution in [0.25, 0.3) is 0 Å². The first kappa shape index (κ1) is 22.8. The van der Waals surface area contributed by atoms with E-state index in [4.69, 9.17) is 17.0 Å². The van der Waals surface area contributed by atoms with E-state index in [9.17, 15) is 4.79 Å². The second-order valence-electron chi connectivity index (χ2n) is 6.80. The molecule has 1 amide bonds. The predicted octanol–water partition coefficient (Wildman–Crippen LogP) is 4.83. The van der Waals surface area contributed by atoms with Gasteiger partial charge in [-0.3, -0.25) is 15.0 Å². The molecule has 0 saturated heterocycles. The maximum absolute atomic E-state index is 12.5. The van der Waals surface area contributed by atoms with E-state index in [1.807, 2.05) is 18.2 Å². The summed E-state index contributed by atoms with van der Waals surface area (Å²) in [6.07, 6.45) is 2.05. The van der Waals surface area contributed by atoms with Crippen LogP contribution in [0.3, 0.4) is 0 Å².